The van der Waals surface area contributed by atoms with Crippen LogP contribution in [0.4, 0.5) is 5.69 Å². The van der Waals surface area contributed by atoms with Crippen LogP contribution in [0.25, 0.3) is 6.08 Å². The van der Waals surface area contributed by atoms with Crippen LogP contribution in [0, 0.1) is 0 Å². The molecule has 106 valence electrons. The molecule has 2 aromatic rings. The lowest BCUT2D eigenvalue weighted by atomic mass is 10.2. The average Bonchev–Trinajstić information content (AvgIpc) is 3.11. The van der Waals surface area contributed by atoms with Gasteiger partial charge in [-0.1, -0.05) is 18.2 Å². The van der Waals surface area contributed by atoms with Crippen LogP contribution in [-0.2, 0) is 11.2 Å². The van der Waals surface area contributed by atoms with Crippen LogP contribution in [-0.4, -0.2) is 23.5 Å². The van der Waals surface area contributed by atoms with Crippen molar-refractivity contribution in [3.05, 3.63) is 57.8 Å². The van der Waals surface area contributed by atoms with Crippen LogP contribution >= 0.6 is 11.3 Å². The highest BCUT2D eigenvalue weighted by Crippen LogP contribution is 2.31. The molecule has 1 amide bonds. The van der Waals surface area contributed by atoms with Crippen molar-refractivity contribution >= 4 is 35.0 Å². The molecule has 2 heterocycles. The highest BCUT2D eigenvalue weighted by molar-refractivity contribution is 7.12. The summed E-state index contributed by atoms with van der Waals surface area (Å²) < 4.78 is 0. The summed E-state index contributed by atoms with van der Waals surface area (Å²) >= 11 is 1.34. The molecule has 1 aliphatic heterocycles. The molecule has 4 nitrogen and oxygen atoms in total. The molecule has 0 spiro atoms. The van der Waals surface area contributed by atoms with Gasteiger partial charge < -0.3 is 10.0 Å². The van der Waals surface area contributed by atoms with Crippen LogP contribution in [0.15, 0.2) is 41.8 Å². The molecule has 0 bridgehead atoms. The maximum absolute atomic E-state index is 12.7. The summed E-state index contributed by atoms with van der Waals surface area (Å²) in [6, 6.07) is 9.63. The van der Waals surface area contributed by atoms with Crippen molar-refractivity contribution in [2.45, 2.75) is 6.42 Å². The Morgan fingerprint density at radius 3 is 2.86 bits per heavy atom. The second-order valence-corrected chi connectivity index (χ2v) is 5.63. The number of rotatable bonds is 3. The quantitative estimate of drug-likeness (QED) is 0.886. The lowest BCUT2D eigenvalue weighted by Crippen LogP contribution is -2.28. The largest absolute Gasteiger partial charge is 0.478 e. The zero-order chi connectivity index (χ0) is 14.8. The fourth-order valence-corrected chi connectivity index (χ4v) is 3.29. The van der Waals surface area contributed by atoms with Gasteiger partial charge in [-0.05, 0) is 41.1 Å². The van der Waals surface area contributed by atoms with E-state index in [4.69, 9.17) is 5.11 Å². The Hall–Kier alpha value is -2.40. The average molecular weight is 299 g/mol. The van der Waals surface area contributed by atoms with E-state index in [1.165, 1.54) is 23.0 Å². The third-order valence-corrected chi connectivity index (χ3v) is 4.35. The molecule has 3 rings (SSSR count). The second kappa shape index (κ2) is 5.54. The standard InChI is InChI=1S/C16H13NO3S/c18-14(19)6-5-12-8-10-21-15(12)16(20)17-9-7-11-3-1-2-4-13(11)17/h1-6,8,10H,7,9H2,(H,18,19). The lowest BCUT2D eigenvalue weighted by molar-refractivity contribution is -0.131. The fraction of sp³-hybridized carbons (Fsp3) is 0.125. The third-order valence-electron chi connectivity index (χ3n) is 3.43. The molecular weight excluding hydrogens is 286 g/mol. The van der Waals surface area contributed by atoms with Gasteiger partial charge in [0, 0.05) is 18.3 Å². The second-order valence-electron chi connectivity index (χ2n) is 4.71. The highest BCUT2D eigenvalue weighted by Gasteiger charge is 2.26. The molecule has 0 saturated carbocycles. The number of carboxylic acids is 1. The van der Waals surface area contributed by atoms with Crippen molar-refractivity contribution in [3.8, 4) is 0 Å². The van der Waals surface area contributed by atoms with E-state index in [0.717, 1.165) is 18.2 Å². The topological polar surface area (TPSA) is 57.6 Å². The summed E-state index contributed by atoms with van der Waals surface area (Å²) in [6.45, 7) is 0.665. The molecule has 21 heavy (non-hydrogen) atoms. The minimum Gasteiger partial charge on any atom is -0.478 e. The van der Waals surface area contributed by atoms with Crippen molar-refractivity contribution in [1.29, 1.82) is 0 Å². The SMILES string of the molecule is O=C(O)C=Cc1ccsc1C(=O)N1CCc2ccccc21. The summed E-state index contributed by atoms with van der Waals surface area (Å²) in [5.41, 5.74) is 2.77. The summed E-state index contributed by atoms with van der Waals surface area (Å²) in [4.78, 5) is 25.6. The van der Waals surface area contributed by atoms with E-state index in [1.54, 1.807) is 16.3 Å². The predicted octanol–water partition coefficient (Wildman–Crippen LogP) is 3.05. The number of carbonyl (C=O) groups is 2. The van der Waals surface area contributed by atoms with Crippen molar-refractivity contribution in [1.82, 2.24) is 0 Å². The first-order valence-electron chi connectivity index (χ1n) is 6.55. The monoisotopic (exact) mass is 299 g/mol. The highest BCUT2D eigenvalue weighted by atomic mass is 32.1. The number of nitrogens with zero attached hydrogens (tertiary/aromatic N) is 1. The number of hydrogen-bond donors (Lipinski definition) is 1. The number of carbonyl (C=O) groups excluding carboxylic acids is 1. The molecule has 1 aliphatic rings. The Morgan fingerprint density at radius 2 is 2.05 bits per heavy atom. The normalized spacial score (nSPS) is 13.6. The van der Waals surface area contributed by atoms with Crippen LogP contribution in [0.3, 0.4) is 0 Å². The molecule has 5 heteroatoms. The molecule has 0 atom stereocenters. The number of anilines is 1. The Bertz CT molecular complexity index is 733. The Labute approximate surface area is 126 Å². The first-order valence-corrected chi connectivity index (χ1v) is 7.43. The smallest absolute Gasteiger partial charge is 0.328 e. The first-order chi connectivity index (χ1) is 10.2. The van der Waals surface area contributed by atoms with E-state index >= 15 is 0 Å². The molecule has 1 aromatic carbocycles. The first kappa shape index (κ1) is 13.6. The van der Waals surface area contributed by atoms with Crippen molar-refractivity contribution in [3.63, 3.8) is 0 Å². The summed E-state index contributed by atoms with van der Waals surface area (Å²) in [5, 5.41) is 10.5. The number of aliphatic carboxylic acids is 1. The number of hydrogen-bond acceptors (Lipinski definition) is 3. The Morgan fingerprint density at radius 1 is 1.24 bits per heavy atom. The van der Waals surface area contributed by atoms with Gasteiger partial charge in [0.15, 0.2) is 0 Å². The van der Waals surface area contributed by atoms with Crippen LogP contribution in [0.1, 0.15) is 20.8 Å². The molecule has 1 N–H and O–H groups in total. The van der Waals surface area contributed by atoms with Gasteiger partial charge in [-0.25, -0.2) is 4.79 Å². The molecule has 0 unspecified atom stereocenters. The maximum Gasteiger partial charge on any atom is 0.328 e. The third kappa shape index (κ3) is 2.60. The van der Waals surface area contributed by atoms with Crippen LogP contribution in [0.2, 0.25) is 0 Å². The zero-order valence-electron chi connectivity index (χ0n) is 11.2. The molecule has 0 fully saturated rings. The van der Waals surface area contributed by atoms with E-state index in [-0.39, 0.29) is 5.91 Å². The lowest BCUT2D eigenvalue weighted by Gasteiger charge is -2.16. The molecular formula is C16H13NO3S. The summed E-state index contributed by atoms with van der Waals surface area (Å²) in [7, 11) is 0. The van der Waals surface area contributed by atoms with E-state index in [9.17, 15) is 9.59 Å². The van der Waals surface area contributed by atoms with Gasteiger partial charge in [0.05, 0.1) is 4.88 Å². The minimum absolute atomic E-state index is 0.0695. The minimum atomic E-state index is -1.02. The zero-order valence-corrected chi connectivity index (χ0v) is 12.0. The maximum atomic E-state index is 12.7. The Kier molecular flexibility index (Phi) is 3.58. The van der Waals surface area contributed by atoms with Gasteiger partial charge in [-0.2, -0.15) is 0 Å². The van der Waals surface area contributed by atoms with Crippen molar-refractivity contribution in [2.24, 2.45) is 0 Å². The predicted molar refractivity (Wildman–Crippen MR) is 82.8 cm³/mol. The van der Waals surface area contributed by atoms with Gasteiger partial charge in [0.2, 0.25) is 0 Å². The van der Waals surface area contributed by atoms with Crippen LogP contribution < -0.4 is 4.90 Å². The number of carboxylic acid groups (broad SMARTS) is 1. The molecule has 0 radical (unpaired) electrons. The number of amides is 1. The molecule has 0 saturated heterocycles. The van der Waals surface area contributed by atoms with E-state index in [1.807, 2.05) is 24.3 Å². The molecule has 1 aromatic heterocycles. The number of para-hydroxylation sites is 1. The van der Waals surface area contributed by atoms with Gasteiger partial charge in [-0.15, -0.1) is 11.3 Å². The van der Waals surface area contributed by atoms with Crippen molar-refractivity contribution < 1.29 is 14.7 Å². The van der Waals surface area contributed by atoms with E-state index in [2.05, 4.69) is 0 Å². The van der Waals surface area contributed by atoms with E-state index in [0.29, 0.717) is 17.0 Å². The van der Waals surface area contributed by atoms with Gasteiger partial charge >= 0.3 is 5.97 Å². The number of thiophene rings is 1. The summed E-state index contributed by atoms with van der Waals surface area (Å²) in [5.74, 6) is -1.09. The van der Waals surface area contributed by atoms with Crippen LogP contribution in [0.5, 0.6) is 0 Å². The number of fused-ring (bicyclic) bond motifs is 1. The van der Waals surface area contributed by atoms with Gasteiger partial charge in [-0.3, -0.25) is 4.79 Å². The fourth-order valence-electron chi connectivity index (χ4n) is 2.46. The van der Waals surface area contributed by atoms with Gasteiger partial charge in [0.25, 0.3) is 5.91 Å². The molecule has 0 aliphatic carbocycles. The summed E-state index contributed by atoms with van der Waals surface area (Å²) in [6.07, 6.45) is 3.37. The van der Waals surface area contributed by atoms with Gasteiger partial charge in [0.1, 0.15) is 0 Å². The Balaban J connectivity index is 1.91. The van der Waals surface area contributed by atoms with E-state index < -0.39 is 5.97 Å². The van der Waals surface area contributed by atoms with Crippen molar-refractivity contribution in [2.75, 3.05) is 11.4 Å². The number of benzene rings is 1.